The molecule has 0 aromatic carbocycles. The predicted octanol–water partition coefficient (Wildman–Crippen LogP) is 1.47. The molecule has 4 rings (SSSR count). The number of hydrogen-bond acceptors (Lipinski definition) is 3. The Hall–Kier alpha value is -1.62. The highest BCUT2D eigenvalue weighted by Gasteiger charge is 2.29. The molecular weight excluding hydrogens is 238 g/mol. The molecule has 1 saturated heterocycles. The van der Waals surface area contributed by atoms with Crippen LogP contribution in [-0.4, -0.2) is 37.3 Å². The summed E-state index contributed by atoms with van der Waals surface area (Å²) in [6, 6.07) is 2.55. The number of nitrogens with zero attached hydrogens (tertiary/aromatic N) is 5. The SMILES string of the molecule is c1cnn(C2CN(Cc3cnc4n3CCCC4)C2)c1. The van der Waals surface area contributed by atoms with Crippen LogP contribution in [0.15, 0.2) is 24.7 Å². The number of imidazole rings is 1. The molecular formula is C14H19N5. The topological polar surface area (TPSA) is 38.9 Å². The van der Waals surface area contributed by atoms with Gasteiger partial charge in [-0.1, -0.05) is 0 Å². The first-order valence-corrected chi connectivity index (χ1v) is 7.15. The van der Waals surface area contributed by atoms with Gasteiger partial charge in [-0.05, 0) is 18.9 Å². The number of aromatic nitrogens is 4. The molecule has 19 heavy (non-hydrogen) atoms. The van der Waals surface area contributed by atoms with Crippen LogP contribution in [0, 0.1) is 0 Å². The van der Waals surface area contributed by atoms with Gasteiger partial charge in [-0.25, -0.2) is 4.98 Å². The Kier molecular flexibility index (Phi) is 2.65. The van der Waals surface area contributed by atoms with Gasteiger partial charge >= 0.3 is 0 Å². The van der Waals surface area contributed by atoms with Crippen LogP contribution in [0.4, 0.5) is 0 Å². The molecule has 0 spiro atoms. The van der Waals surface area contributed by atoms with Crippen molar-refractivity contribution in [3.63, 3.8) is 0 Å². The van der Waals surface area contributed by atoms with E-state index in [4.69, 9.17) is 0 Å². The van der Waals surface area contributed by atoms with Crippen LogP contribution in [0.3, 0.4) is 0 Å². The minimum Gasteiger partial charge on any atom is -0.331 e. The third kappa shape index (κ3) is 1.98. The Morgan fingerprint density at radius 2 is 2.21 bits per heavy atom. The minimum absolute atomic E-state index is 0.554. The molecule has 0 atom stereocenters. The summed E-state index contributed by atoms with van der Waals surface area (Å²) in [5, 5.41) is 4.31. The maximum Gasteiger partial charge on any atom is 0.108 e. The van der Waals surface area contributed by atoms with Crippen LogP contribution < -0.4 is 0 Å². The number of likely N-dealkylation sites (tertiary alicyclic amines) is 1. The number of rotatable bonds is 3. The van der Waals surface area contributed by atoms with E-state index in [9.17, 15) is 0 Å². The summed E-state index contributed by atoms with van der Waals surface area (Å²) in [4.78, 5) is 7.03. The van der Waals surface area contributed by atoms with Crippen molar-refractivity contribution in [3.8, 4) is 0 Å². The molecule has 0 aliphatic carbocycles. The van der Waals surface area contributed by atoms with Gasteiger partial charge in [0.2, 0.25) is 0 Å². The van der Waals surface area contributed by atoms with E-state index < -0.39 is 0 Å². The molecule has 4 heterocycles. The van der Waals surface area contributed by atoms with E-state index in [0.29, 0.717) is 6.04 Å². The molecule has 5 heteroatoms. The third-order valence-electron chi connectivity index (χ3n) is 4.28. The second kappa shape index (κ2) is 4.49. The summed E-state index contributed by atoms with van der Waals surface area (Å²) in [5.74, 6) is 1.28. The second-order valence-corrected chi connectivity index (χ2v) is 5.61. The summed E-state index contributed by atoms with van der Waals surface area (Å²) in [5.41, 5.74) is 1.38. The van der Waals surface area contributed by atoms with Crippen molar-refractivity contribution in [1.82, 2.24) is 24.2 Å². The van der Waals surface area contributed by atoms with E-state index in [1.807, 2.05) is 12.3 Å². The van der Waals surface area contributed by atoms with Gasteiger partial charge in [0, 0.05) is 51.2 Å². The van der Waals surface area contributed by atoms with Gasteiger partial charge in [-0.2, -0.15) is 5.10 Å². The molecule has 2 aromatic rings. The van der Waals surface area contributed by atoms with Gasteiger partial charge in [0.1, 0.15) is 5.82 Å². The van der Waals surface area contributed by atoms with Crippen LogP contribution in [0.5, 0.6) is 0 Å². The smallest absolute Gasteiger partial charge is 0.108 e. The van der Waals surface area contributed by atoms with Crippen molar-refractivity contribution in [3.05, 3.63) is 36.2 Å². The van der Waals surface area contributed by atoms with E-state index in [0.717, 1.165) is 32.6 Å². The molecule has 2 aliphatic heterocycles. The number of aryl methyl sites for hydroxylation is 1. The lowest BCUT2D eigenvalue weighted by Crippen LogP contribution is -2.47. The highest BCUT2D eigenvalue weighted by Crippen LogP contribution is 2.24. The highest BCUT2D eigenvalue weighted by atomic mass is 15.4. The first kappa shape index (κ1) is 11.2. The Morgan fingerprint density at radius 1 is 1.26 bits per heavy atom. The summed E-state index contributed by atoms with van der Waals surface area (Å²) >= 11 is 0. The van der Waals surface area contributed by atoms with Crippen molar-refractivity contribution in [2.24, 2.45) is 0 Å². The molecule has 0 radical (unpaired) electrons. The van der Waals surface area contributed by atoms with Gasteiger partial charge in [-0.3, -0.25) is 9.58 Å². The van der Waals surface area contributed by atoms with Gasteiger partial charge < -0.3 is 4.57 Å². The van der Waals surface area contributed by atoms with Crippen molar-refractivity contribution in [2.45, 2.75) is 38.4 Å². The van der Waals surface area contributed by atoms with E-state index in [1.165, 1.54) is 24.4 Å². The van der Waals surface area contributed by atoms with E-state index >= 15 is 0 Å². The van der Waals surface area contributed by atoms with E-state index in [-0.39, 0.29) is 0 Å². The maximum absolute atomic E-state index is 4.56. The molecule has 1 fully saturated rings. The zero-order valence-electron chi connectivity index (χ0n) is 11.1. The normalized spacial score (nSPS) is 20.2. The predicted molar refractivity (Wildman–Crippen MR) is 71.7 cm³/mol. The highest BCUT2D eigenvalue weighted by molar-refractivity contribution is 5.08. The Labute approximate surface area is 112 Å². The van der Waals surface area contributed by atoms with Crippen LogP contribution in [-0.2, 0) is 19.5 Å². The van der Waals surface area contributed by atoms with Crippen molar-refractivity contribution in [1.29, 1.82) is 0 Å². The molecule has 2 aliphatic rings. The summed E-state index contributed by atoms with van der Waals surface area (Å²) in [6.45, 7) is 4.39. The first-order valence-electron chi connectivity index (χ1n) is 7.15. The lowest BCUT2D eigenvalue weighted by molar-refractivity contribution is 0.0880. The minimum atomic E-state index is 0.554. The number of hydrogen-bond donors (Lipinski definition) is 0. The maximum atomic E-state index is 4.56. The molecule has 0 amide bonds. The van der Waals surface area contributed by atoms with Crippen LogP contribution in [0.1, 0.15) is 30.4 Å². The Morgan fingerprint density at radius 3 is 3.05 bits per heavy atom. The molecule has 0 bridgehead atoms. The monoisotopic (exact) mass is 257 g/mol. The third-order valence-corrected chi connectivity index (χ3v) is 4.28. The summed E-state index contributed by atoms with van der Waals surface area (Å²) < 4.78 is 4.49. The van der Waals surface area contributed by atoms with Crippen LogP contribution in [0.25, 0.3) is 0 Å². The molecule has 0 N–H and O–H groups in total. The largest absolute Gasteiger partial charge is 0.331 e. The van der Waals surface area contributed by atoms with Gasteiger partial charge in [0.05, 0.1) is 11.7 Å². The van der Waals surface area contributed by atoms with Crippen LogP contribution >= 0.6 is 0 Å². The van der Waals surface area contributed by atoms with Crippen molar-refractivity contribution >= 4 is 0 Å². The second-order valence-electron chi connectivity index (χ2n) is 5.61. The number of fused-ring (bicyclic) bond motifs is 1. The quantitative estimate of drug-likeness (QED) is 0.836. The Balaban J connectivity index is 1.40. The molecule has 2 aromatic heterocycles. The fraction of sp³-hybridized carbons (Fsp3) is 0.571. The van der Waals surface area contributed by atoms with Gasteiger partial charge in [0.25, 0.3) is 0 Å². The average Bonchev–Trinajstić information content (AvgIpc) is 3.03. The summed E-state index contributed by atoms with van der Waals surface area (Å²) in [7, 11) is 0. The molecule has 0 saturated carbocycles. The fourth-order valence-corrected chi connectivity index (χ4v) is 3.17. The zero-order valence-corrected chi connectivity index (χ0v) is 11.1. The standard InChI is InChI=1S/C14H19N5/c1-2-6-18-12(8-15-14(18)4-1)9-17-10-13(11-17)19-7-3-5-16-19/h3,5,7-8,13H,1-2,4,6,9-11H2. The molecule has 100 valence electrons. The van der Waals surface area contributed by atoms with Crippen molar-refractivity contribution < 1.29 is 0 Å². The molecule has 5 nitrogen and oxygen atoms in total. The first-order chi connectivity index (χ1) is 9.40. The van der Waals surface area contributed by atoms with Crippen molar-refractivity contribution in [2.75, 3.05) is 13.1 Å². The average molecular weight is 257 g/mol. The van der Waals surface area contributed by atoms with E-state index in [1.54, 1.807) is 0 Å². The lowest BCUT2D eigenvalue weighted by atomic mass is 10.1. The zero-order chi connectivity index (χ0) is 12.7. The lowest BCUT2D eigenvalue weighted by Gasteiger charge is -2.39. The fourth-order valence-electron chi connectivity index (χ4n) is 3.17. The van der Waals surface area contributed by atoms with Gasteiger partial charge in [-0.15, -0.1) is 0 Å². The van der Waals surface area contributed by atoms with Gasteiger partial charge in [0.15, 0.2) is 0 Å². The summed E-state index contributed by atoms with van der Waals surface area (Å²) in [6.07, 6.45) is 9.73. The Bertz CT molecular complexity index is 550. The van der Waals surface area contributed by atoms with E-state index in [2.05, 4.69) is 36.6 Å². The van der Waals surface area contributed by atoms with Crippen LogP contribution in [0.2, 0.25) is 0 Å². The molecule has 0 unspecified atom stereocenters.